The molecule has 0 radical (unpaired) electrons. The van der Waals surface area contributed by atoms with Gasteiger partial charge in [-0.05, 0) is 19.2 Å². The predicted molar refractivity (Wildman–Crippen MR) is 57.2 cm³/mol. The molecule has 15 heavy (non-hydrogen) atoms. The van der Waals surface area contributed by atoms with Crippen molar-refractivity contribution in [2.75, 3.05) is 20.2 Å². The first-order chi connectivity index (χ1) is 7.11. The lowest BCUT2D eigenvalue weighted by atomic mass is 10.3. The Labute approximate surface area is 89.3 Å². The zero-order valence-electron chi connectivity index (χ0n) is 8.43. The Bertz CT molecular complexity index is 417. The van der Waals surface area contributed by atoms with E-state index in [1.54, 1.807) is 18.2 Å². The molecule has 0 aliphatic carbocycles. The third kappa shape index (κ3) is 2.92. The molecule has 6 heteroatoms. The maximum Gasteiger partial charge on any atom is 0.243 e. The first-order valence-corrected chi connectivity index (χ1v) is 5.95. The van der Waals surface area contributed by atoms with Crippen molar-refractivity contribution in [1.82, 2.24) is 4.72 Å². The summed E-state index contributed by atoms with van der Waals surface area (Å²) in [4.78, 5) is 0.126. The summed E-state index contributed by atoms with van der Waals surface area (Å²) in [5, 5.41) is 0. The van der Waals surface area contributed by atoms with E-state index in [1.807, 2.05) is 0 Å². The molecule has 0 heterocycles. The van der Waals surface area contributed by atoms with Crippen molar-refractivity contribution in [1.29, 1.82) is 0 Å². The number of nitrogens with two attached hydrogens (primary N) is 1. The van der Waals surface area contributed by atoms with Crippen molar-refractivity contribution in [2.24, 2.45) is 5.73 Å². The second-order valence-electron chi connectivity index (χ2n) is 2.79. The fraction of sp³-hybridized carbons (Fsp3) is 0.333. The zero-order chi connectivity index (χ0) is 11.3. The highest BCUT2D eigenvalue weighted by atomic mass is 32.2. The fourth-order valence-electron chi connectivity index (χ4n) is 1.07. The van der Waals surface area contributed by atoms with Crippen LogP contribution in [-0.2, 0) is 10.0 Å². The first-order valence-electron chi connectivity index (χ1n) is 4.47. The van der Waals surface area contributed by atoms with E-state index in [2.05, 4.69) is 4.72 Å². The number of hydrogen-bond donors (Lipinski definition) is 2. The van der Waals surface area contributed by atoms with Crippen molar-refractivity contribution in [3.05, 3.63) is 24.3 Å². The number of benzene rings is 1. The van der Waals surface area contributed by atoms with Gasteiger partial charge in [-0.15, -0.1) is 0 Å². The number of rotatable bonds is 5. The van der Waals surface area contributed by atoms with Crippen LogP contribution in [0.25, 0.3) is 0 Å². The summed E-state index contributed by atoms with van der Waals surface area (Å²) in [6.07, 6.45) is 0. The lowest BCUT2D eigenvalue weighted by molar-refractivity contribution is 0.319. The van der Waals surface area contributed by atoms with Crippen molar-refractivity contribution < 1.29 is 13.2 Å². The summed E-state index contributed by atoms with van der Waals surface area (Å²) in [6, 6.07) is 6.43. The van der Waals surface area contributed by atoms with Gasteiger partial charge in [-0.3, -0.25) is 0 Å². The quantitative estimate of drug-likeness (QED) is 0.742. The van der Waals surface area contributed by atoms with E-state index < -0.39 is 10.0 Å². The zero-order valence-corrected chi connectivity index (χ0v) is 9.25. The summed E-state index contributed by atoms with van der Waals surface area (Å²) in [7, 11) is -2.12. The number of hydrogen-bond acceptors (Lipinski definition) is 4. The molecule has 0 saturated carbocycles. The Morgan fingerprint density at radius 1 is 1.40 bits per heavy atom. The fourth-order valence-corrected chi connectivity index (χ4v) is 1.94. The molecule has 0 aliphatic heterocycles. The van der Waals surface area contributed by atoms with Gasteiger partial charge in [0.05, 0.1) is 0 Å². The van der Waals surface area contributed by atoms with E-state index >= 15 is 0 Å². The molecule has 0 aliphatic rings. The van der Waals surface area contributed by atoms with E-state index in [0.29, 0.717) is 12.3 Å². The number of sulfonamides is 1. The second-order valence-corrected chi connectivity index (χ2v) is 4.65. The van der Waals surface area contributed by atoms with Crippen LogP contribution in [-0.4, -0.2) is 28.6 Å². The van der Waals surface area contributed by atoms with Gasteiger partial charge in [0.15, 0.2) is 0 Å². The van der Waals surface area contributed by atoms with Crippen LogP contribution in [0.3, 0.4) is 0 Å². The van der Waals surface area contributed by atoms with Crippen LogP contribution in [0.5, 0.6) is 5.75 Å². The Morgan fingerprint density at radius 3 is 2.67 bits per heavy atom. The van der Waals surface area contributed by atoms with Gasteiger partial charge in [0.2, 0.25) is 10.0 Å². The summed E-state index contributed by atoms with van der Waals surface area (Å²) in [5.74, 6) is 0.317. The van der Waals surface area contributed by atoms with Gasteiger partial charge in [-0.1, -0.05) is 12.1 Å². The topological polar surface area (TPSA) is 81.4 Å². The molecule has 0 spiro atoms. The lowest BCUT2D eigenvalue weighted by Gasteiger charge is -2.10. The molecular weight excluding hydrogens is 216 g/mol. The number of ether oxygens (including phenoxy) is 1. The van der Waals surface area contributed by atoms with Crippen LogP contribution in [0.15, 0.2) is 29.2 Å². The molecule has 1 aromatic carbocycles. The summed E-state index contributed by atoms with van der Waals surface area (Å²) < 4.78 is 30.6. The van der Waals surface area contributed by atoms with Crippen LogP contribution >= 0.6 is 0 Å². The lowest BCUT2D eigenvalue weighted by Crippen LogP contribution is -2.20. The van der Waals surface area contributed by atoms with Crippen molar-refractivity contribution in [3.8, 4) is 5.75 Å². The van der Waals surface area contributed by atoms with Crippen molar-refractivity contribution >= 4 is 10.0 Å². The van der Waals surface area contributed by atoms with E-state index in [-0.39, 0.29) is 11.5 Å². The average molecular weight is 230 g/mol. The SMILES string of the molecule is CNS(=O)(=O)c1ccccc1OCCN. The third-order valence-electron chi connectivity index (χ3n) is 1.78. The molecule has 1 rings (SSSR count). The minimum absolute atomic E-state index is 0.126. The summed E-state index contributed by atoms with van der Waals surface area (Å²) in [6.45, 7) is 0.629. The van der Waals surface area contributed by atoms with E-state index in [4.69, 9.17) is 10.5 Å². The molecule has 0 saturated heterocycles. The highest BCUT2D eigenvalue weighted by molar-refractivity contribution is 7.89. The minimum atomic E-state index is -3.48. The normalized spacial score (nSPS) is 11.3. The van der Waals surface area contributed by atoms with Crippen LogP contribution < -0.4 is 15.2 Å². The molecule has 3 N–H and O–H groups in total. The Hall–Kier alpha value is -1.11. The highest BCUT2D eigenvalue weighted by Gasteiger charge is 2.16. The van der Waals surface area contributed by atoms with Crippen LogP contribution in [0.4, 0.5) is 0 Å². The largest absolute Gasteiger partial charge is 0.491 e. The maximum atomic E-state index is 11.6. The maximum absolute atomic E-state index is 11.6. The van der Waals surface area contributed by atoms with Gasteiger partial charge >= 0.3 is 0 Å². The van der Waals surface area contributed by atoms with E-state index in [9.17, 15) is 8.42 Å². The molecule has 84 valence electrons. The van der Waals surface area contributed by atoms with Gasteiger partial charge < -0.3 is 10.5 Å². The van der Waals surface area contributed by atoms with Gasteiger partial charge in [0.25, 0.3) is 0 Å². The summed E-state index contributed by atoms with van der Waals surface area (Å²) >= 11 is 0. The standard InChI is InChI=1S/C9H14N2O3S/c1-11-15(12,13)9-5-3-2-4-8(9)14-7-6-10/h2-5,11H,6-7,10H2,1H3. The second kappa shape index (κ2) is 5.11. The first kappa shape index (κ1) is 12.0. The van der Waals surface area contributed by atoms with Crippen LogP contribution in [0.1, 0.15) is 0 Å². The van der Waals surface area contributed by atoms with Gasteiger partial charge in [-0.2, -0.15) is 0 Å². The highest BCUT2D eigenvalue weighted by Crippen LogP contribution is 2.22. The molecule has 0 amide bonds. The molecule has 0 atom stereocenters. The predicted octanol–water partition coefficient (Wildman–Crippen LogP) is -0.0678. The van der Waals surface area contributed by atoms with Crippen LogP contribution in [0.2, 0.25) is 0 Å². The molecular formula is C9H14N2O3S. The minimum Gasteiger partial charge on any atom is -0.491 e. The Kier molecular flexibility index (Phi) is 4.07. The smallest absolute Gasteiger partial charge is 0.243 e. The molecule has 1 aromatic rings. The van der Waals surface area contributed by atoms with E-state index in [1.165, 1.54) is 13.1 Å². The Morgan fingerprint density at radius 2 is 2.07 bits per heavy atom. The number of nitrogens with one attached hydrogen (secondary N) is 1. The third-order valence-corrected chi connectivity index (χ3v) is 3.24. The number of para-hydroxylation sites is 1. The summed E-state index contributed by atoms with van der Waals surface area (Å²) in [5.41, 5.74) is 5.28. The van der Waals surface area contributed by atoms with Gasteiger partial charge in [0.1, 0.15) is 17.3 Å². The van der Waals surface area contributed by atoms with Crippen LogP contribution in [0, 0.1) is 0 Å². The monoisotopic (exact) mass is 230 g/mol. The molecule has 0 unspecified atom stereocenters. The molecule has 0 bridgehead atoms. The molecule has 0 aromatic heterocycles. The molecule has 5 nitrogen and oxygen atoms in total. The van der Waals surface area contributed by atoms with Gasteiger partial charge in [0, 0.05) is 6.54 Å². The van der Waals surface area contributed by atoms with E-state index in [0.717, 1.165) is 0 Å². The average Bonchev–Trinajstić information content (AvgIpc) is 2.26. The van der Waals surface area contributed by atoms with Crippen molar-refractivity contribution in [2.45, 2.75) is 4.90 Å². The van der Waals surface area contributed by atoms with Gasteiger partial charge in [-0.25, -0.2) is 13.1 Å². The molecule has 0 fully saturated rings. The Balaban J connectivity index is 3.07. The van der Waals surface area contributed by atoms with Crippen molar-refractivity contribution in [3.63, 3.8) is 0 Å².